The molecule has 2 amide bonds. The second-order valence-electron chi connectivity index (χ2n) is 6.92. The summed E-state index contributed by atoms with van der Waals surface area (Å²) in [6.07, 6.45) is 1.30. The molecule has 1 aromatic heterocycles. The number of rotatable bonds is 3. The lowest BCUT2D eigenvalue weighted by atomic mass is 10.1. The van der Waals surface area contributed by atoms with Gasteiger partial charge in [0, 0.05) is 11.1 Å². The molecule has 0 aliphatic carbocycles. The number of aromatic nitrogens is 1. The highest BCUT2D eigenvalue weighted by Crippen LogP contribution is 2.44. The maximum absolute atomic E-state index is 12.9. The number of carbonyl (C=O) groups excluding carboxylic acids is 2. The van der Waals surface area contributed by atoms with Gasteiger partial charge in [0.25, 0.3) is 0 Å². The van der Waals surface area contributed by atoms with Crippen LogP contribution in [0.25, 0.3) is 0 Å². The molecule has 0 spiro atoms. The Hall–Kier alpha value is -2.91. The molecule has 8 nitrogen and oxygen atoms in total. The van der Waals surface area contributed by atoms with Gasteiger partial charge in [-0.3, -0.25) is 25.3 Å². The Labute approximate surface area is 166 Å². The molecule has 4 rings (SSSR count). The van der Waals surface area contributed by atoms with Crippen molar-refractivity contribution in [2.45, 2.75) is 29.7 Å². The van der Waals surface area contributed by atoms with Gasteiger partial charge >= 0.3 is 0 Å². The predicted molar refractivity (Wildman–Crippen MR) is 108 cm³/mol. The topological polar surface area (TPSA) is 98.7 Å². The Morgan fingerprint density at radius 1 is 1.25 bits per heavy atom. The molecule has 9 heteroatoms. The average Bonchev–Trinajstić information content (AvgIpc) is 3.14. The van der Waals surface area contributed by atoms with Gasteiger partial charge < -0.3 is 4.90 Å². The van der Waals surface area contributed by atoms with Crippen LogP contribution in [0.15, 0.2) is 58.5 Å². The fraction of sp³-hybridized carbons (Fsp3) is 0.263. The standard InChI is InChI=1S/C19H20N6O2S/c1-19(2)17(27)25(13-8-3-4-9-14(13)28-19)11-15(26)21-18-22-16(23-24-18)12-7-5-6-10-20-12/h3-10,16,23H,11H2,1-2H3,(H2,21,22,24,26). The van der Waals surface area contributed by atoms with Crippen molar-refractivity contribution in [3.63, 3.8) is 0 Å². The zero-order valence-corrected chi connectivity index (χ0v) is 16.3. The van der Waals surface area contributed by atoms with Crippen molar-refractivity contribution in [2.75, 3.05) is 11.4 Å². The van der Waals surface area contributed by atoms with Gasteiger partial charge in [-0.1, -0.05) is 18.2 Å². The van der Waals surface area contributed by atoms with Crippen LogP contribution in [-0.4, -0.2) is 34.0 Å². The molecule has 2 aliphatic rings. The molecule has 0 saturated heterocycles. The number of carbonyl (C=O) groups is 2. The van der Waals surface area contributed by atoms with E-state index in [2.05, 4.69) is 26.1 Å². The van der Waals surface area contributed by atoms with Crippen LogP contribution >= 0.6 is 11.8 Å². The normalized spacial score (nSPS) is 20.2. The molecule has 2 aliphatic heterocycles. The summed E-state index contributed by atoms with van der Waals surface area (Å²) in [4.78, 5) is 36.6. The summed E-state index contributed by atoms with van der Waals surface area (Å²) in [7, 11) is 0. The molecule has 0 bridgehead atoms. The van der Waals surface area contributed by atoms with E-state index in [1.807, 2.05) is 56.3 Å². The fourth-order valence-electron chi connectivity index (χ4n) is 3.06. The molecule has 0 radical (unpaired) electrons. The number of anilines is 1. The van der Waals surface area contributed by atoms with E-state index >= 15 is 0 Å². The molecular formula is C19H20N6O2S. The van der Waals surface area contributed by atoms with Gasteiger partial charge in [0.2, 0.25) is 17.8 Å². The van der Waals surface area contributed by atoms with E-state index in [-0.39, 0.29) is 24.5 Å². The number of benzene rings is 1. The molecule has 28 heavy (non-hydrogen) atoms. The Balaban J connectivity index is 1.47. The molecule has 3 heterocycles. The van der Waals surface area contributed by atoms with Gasteiger partial charge in [-0.05, 0) is 38.1 Å². The molecule has 3 N–H and O–H groups in total. The van der Waals surface area contributed by atoms with Crippen molar-refractivity contribution in [1.29, 1.82) is 0 Å². The first-order valence-corrected chi connectivity index (χ1v) is 9.66. The van der Waals surface area contributed by atoms with Crippen LogP contribution < -0.4 is 21.1 Å². The number of hydrogen-bond acceptors (Lipinski definition) is 7. The zero-order valence-electron chi connectivity index (χ0n) is 15.5. The lowest BCUT2D eigenvalue weighted by Gasteiger charge is -2.37. The lowest BCUT2D eigenvalue weighted by molar-refractivity contribution is -0.124. The summed E-state index contributed by atoms with van der Waals surface area (Å²) >= 11 is 1.51. The summed E-state index contributed by atoms with van der Waals surface area (Å²) in [5, 5.41) is 2.71. The minimum Gasteiger partial charge on any atom is -0.301 e. The summed E-state index contributed by atoms with van der Waals surface area (Å²) < 4.78 is -0.636. The summed E-state index contributed by atoms with van der Waals surface area (Å²) in [6, 6.07) is 13.1. The molecule has 0 saturated carbocycles. The van der Waals surface area contributed by atoms with Gasteiger partial charge in [-0.25, -0.2) is 10.4 Å². The van der Waals surface area contributed by atoms with Crippen molar-refractivity contribution in [3.05, 3.63) is 54.4 Å². The van der Waals surface area contributed by atoms with Crippen molar-refractivity contribution < 1.29 is 9.59 Å². The number of guanidine groups is 1. The minimum atomic E-state index is -0.636. The molecule has 1 atom stereocenters. The number of aliphatic imine (C=N–C) groups is 1. The first-order chi connectivity index (χ1) is 13.4. The third kappa shape index (κ3) is 3.58. The summed E-state index contributed by atoms with van der Waals surface area (Å²) in [5.41, 5.74) is 7.28. The van der Waals surface area contributed by atoms with Gasteiger partial charge in [0.1, 0.15) is 6.54 Å². The number of hydrazine groups is 1. The van der Waals surface area contributed by atoms with E-state index in [1.165, 1.54) is 16.7 Å². The highest BCUT2D eigenvalue weighted by Gasteiger charge is 2.40. The number of pyridine rings is 1. The number of nitrogens with zero attached hydrogens (tertiary/aromatic N) is 3. The van der Waals surface area contributed by atoms with E-state index in [1.54, 1.807) is 6.20 Å². The van der Waals surface area contributed by atoms with Crippen LogP contribution in [0.4, 0.5) is 5.69 Å². The highest BCUT2D eigenvalue weighted by atomic mass is 32.2. The van der Waals surface area contributed by atoms with E-state index in [0.29, 0.717) is 5.96 Å². The molecule has 1 aromatic carbocycles. The smallest absolute Gasteiger partial charge is 0.246 e. The van der Waals surface area contributed by atoms with Crippen LogP contribution in [0.5, 0.6) is 0 Å². The third-order valence-electron chi connectivity index (χ3n) is 4.39. The number of para-hydroxylation sites is 1. The third-order valence-corrected chi connectivity index (χ3v) is 5.64. The quantitative estimate of drug-likeness (QED) is 0.729. The van der Waals surface area contributed by atoms with Crippen LogP contribution in [0, 0.1) is 0 Å². The van der Waals surface area contributed by atoms with Crippen LogP contribution in [0.2, 0.25) is 0 Å². The summed E-state index contributed by atoms with van der Waals surface area (Å²) in [6.45, 7) is 3.64. The first-order valence-electron chi connectivity index (χ1n) is 8.84. The van der Waals surface area contributed by atoms with Crippen molar-refractivity contribution in [3.8, 4) is 0 Å². The Kier molecular flexibility index (Phi) is 4.78. The van der Waals surface area contributed by atoms with Crippen LogP contribution in [0.1, 0.15) is 25.7 Å². The molecule has 1 unspecified atom stereocenters. The molecular weight excluding hydrogens is 376 g/mol. The maximum atomic E-state index is 12.9. The Bertz CT molecular complexity index is 946. The lowest BCUT2D eigenvalue weighted by Crippen LogP contribution is -2.52. The SMILES string of the molecule is CC1(C)Sc2ccccc2N(CC(=O)NC2=NC(c3ccccn3)NN2)C1=O. The van der Waals surface area contributed by atoms with Gasteiger partial charge in [0.05, 0.1) is 16.1 Å². The van der Waals surface area contributed by atoms with Gasteiger partial charge in [-0.15, -0.1) is 11.8 Å². The number of thioether (sulfide) groups is 1. The average molecular weight is 396 g/mol. The second kappa shape index (κ2) is 7.25. The van der Waals surface area contributed by atoms with Crippen molar-refractivity contribution in [2.24, 2.45) is 4.99 Å². The minimum absolute atomic E-state index is 0.0885. The predicted octanol–water partition coefficient (Wildman–Crippen LogP) is 1.58. The van der Waals surface area contributed by atoms with E-state index in [9.17, 15) is 9.59 Å². The fourth-order valence-corrected chi connectivity index (χ4v) is 4.24. The summed E-state index contributed by atoms with van der Waals surface area (Å²) in [5.74, 6) is -0.134. The number of hydrogen-bond donors (Lipinski definition) is 3. The highest BCUT2D eigenvalue weighted by molar-refractivity contribution is 8.01. The van der Waals surface area contributed by atoms with Crippen LogP contribution in [0.3, 0.4) is 0 Å². The van der Waals surface area contributed by atoms with Crippen LogP contribution in [-0.2, 0) is 9.59 Å². The first kappa shape index (κ1) is 18.5. The zero-order chi connectivity index (χ0) is 19.7. The maximum Gasteiger partial charge on any atom is 0.246 e. The number of nitrogens with one attached hydrogen (secondary N) is 3. The van der Waals surface area contributed by atoms with E-state index < -0.39 is 4.75 Å². The van der Waals surface area contributed by atoms with E-state index in [0.717, 1.165) is 16.3 Å². The second-order valence-corrected chi connectivity index (χ2v) is 8.59. The Morgan fingerprint density at radius 2 is 2.04 bits per heavy atom. The molecule has 2 aromatic rings. The Morgan fingerprint density at radius 3 is 2.82 bits per heavy atom. The number of amides is 2. The largest absolute Gasteiger partial charge is 0.301 e. The van der Waals surface area contributed by atoms with E-state index in [4.69, 9.17) is 0 Å². The molecule has 144 valence electrons. The van der Waals surface area contributed by atoms with Crippen molar-refractivity contribution in [1.82, 2.24) is 21.2 Å². The van der Waals surface area contributed by atoms with Gasteiger partial charge in [-0.2, -0.15) is 0 Å². The van der Waals surface area contributed by atoms with Gasteiger partial charge in [0.15, 0.2) is 6.17 Å². The number of fused-ring (bicyclic) bond motifs is 1. The molecule has 0 fully saturated rings. The van der Waals surface area contributed by atoms with Crippen molar-refractivity contribution >= 4 is 35.2 Å². The monoisotopic (exact) mass is 396 g/mol.